The van der Waals surface area contributed by atoms with Gasteiger partial charge in [0.1, 0.15) is 0 Å². The molecule has 0 atom stereocenters. The zero-order chi connectivity index (χ0) is 13.1. The molecule has 1 heterocycles. The number of nitrogens with zero attached hydrogens (tertiary/aromatic N) is 2. The van der Waals surface area contributed by atoms with Crippen molar-refractivity contribution in [1.29, 1.82) is 0 Å². The molecule has 0 amide bonds. The first kappa shape index (κ1) is 13.2. The van der Waals surface area contributed by atoms with E-state index in [-0.39, 0.29) is 0 Å². The normalized spacial score (nSPS) is 10.4. The largest absolute Gasteiger partial charge is 0.481 e. The lowest BCUT2D eigenvalue weighted by molar-refractivity contribution is 0.391. The Hall–Kier alpha value is -1.26. The first-order valence-electron chi connectivity index (χ1n) is 5.43. The number of hydrogen-bond donors (Lipinski definition) is 0. The van der Waals surface area contributed by atoms with Crippen LogP contribution in [0.5, 0.6) is 5.88 Å². The fourth-order valence-corrected chi connectivity index (χ4v) is 2.62. The molecule has 0 bridgehead atoms. The van der Waals surface area contributed by atoms with Crippen LogP contribution in [0.15, 0.2) is 34.3 Å². The maximum Gasteiger partial charge on any atom is 0.217 e. The highest BCUT2D eigenvalue weighted by atomic mass is 35.5. The van der Waals surface area contributed by atoms with E-state index in [2.05, 4.69) is 9.97 Å². The van der Waals surface area contributed by atoms with Crippen molar-refractivity contribution in [2.24, 2.45) is 0 Å². The van der Waals surface area contributed by atoms with Crippen molar-refractivity contribution < 1.29 is 4.74 Å². The van der Waals surface area contributed by atoms with E-state index in [9.17, 15) is 0 Å². The van der Waals surface area contributed by atoms with Gasteiger partial charge in [0.15, 0.2) is 5.16 Å². The van der Waals surface area contributed by atoms with Gasteiger partial charge in [0, 0.05) is 21.7 Å². The van der Waals surface area contributed by atoms with Gasteiger partial charge in [-0.15, -0.1) is 0 Å². The van der Waals surface area contributed by atoms with Crippen LogP contribution in [0, 0.1) is 13.8 Å². The molecule has 3 nitrogen and oxygen atoms in total. The Labute approximate surface area is 116 Å². The van der Waals surface area contributed by atoms with E-state index in [1.54, 1.807) is 13.2 Å². The van der Waals surface area contributed by atoms with Crippen LogP contribution in [-0.4, -0.2) is 17.1 Å². The number of aryl methyl sites for hydroxylation is 1. The van der Waals surface area contributed by atoms with Crippen molar-refractivity contribution in [3.63, 3.8) is 0 Å². The fraction of sp³-hybridized carbons (Fsp3) is 0.231. The van der Waals surface area contributed by atoms with Gasteiger partial charge >= 0.3 is 0 Å². The van der Waals surface area contributed by atoms with Gasteiger partial charge in [-0.2, -0.15) is 4.98 Å². The molecule has 0 fully saturated rings. The van der Waals surface area contributed by atoms with E-state index in [1.807, 2.05) is 32.0 Å². The second-order valence-corrected chi connectivity index (χ2v) is 5.22. The summed E-state index contributed by atoms with van der Waals surface area (Å²) in [6.07, 6.45) is 0. The topological polar surface area (TPSA) is 35.0 Å². The molecular formula is C13H13ClN2OS. The van der Waals surface area contributed by atoms with Gasteiger partial charge in [-0.1, -0.05) is 17.7 Å². The summed E-state index contributed by atoms with van der Waals surface area (Å²) >= 11 is 7.58. The van der Waals surface area contributed by atoms with Gasteiger partial charge in [-0.25, -0.2) is 4.98 Å². The van der Waals surface area contributed by atoms with Gasteiger partial charge in [0.2, 0.25) is 5.88 Å². The molecule has 0 spiro atoms. The first-order chi connectivity index (χ1) is 8.60. The third kappa shape index (κ3) is 2.94. The second kappa shape index (κ2) is 5.59. The van der Waals surface area contributed by atoms with Crippen LogP contribution in [0.2, 0.25) is 5.02 Å². The molecule has 0 N–H and O–H groups in total. The molecule has 1 aromatic carbocycles. The van der Waals surface area contributed by atoms with Crippen LogP contribution in [0.1, 0.15) is 11.3 Å². The minimum Gasteiger partial charge on any atom is -0.481 e. The number of benzene rings is 1. The molecule has 18 heavy (non-hydrogen) atoms. The highest BCUT2D eigenvalue weighted by Crippen LogP contribution is 2.32. The lowest BCUT2D eigenvalue weighted by Gasteiger charge is -2.07. The summed E-state index contributed by atoms with van der Waals surface area (Å²) < 4.78 is 5.14. The van der Waals surface area contributed by atoms with Crippen molar-refractivity contribution >= 4 is 23.4 Å². The summed E-state index contributed by atoms with van der Waals surface area (Å²) in [6, 6.07) is 7.60. The second-order valence-electron chi connectivity index (χ2n) is 3.80. The van der Waals surface area contributed by atoms with E-state index < -0.39 is 0 Å². The van der Waals surface area contributed by atoms with Crippen molar-refractivity contribution in [2.75, 3.05) is 7.11 Å². The molecule has 2 rings (SSSR count). The van der Waals surface area contributed by atoms with Crippen molar-refractivity contribution in [3.8, 4) is 5.88 Å². The lowest BCUT2D eigenvalue weighted by Crippen LogP contribution is -1.95. The van der Waals surface area contributed by atoms with E-state index >= 15 is 0 Å². The lowest BCUT2D eigenvalue weighted by atomic mass is 10.2. The van der Waals surface area contributed by atoms with Crippen LogP contribution in [0.4, 0.5) is 0 Å². The van der Waals surface area contributed by atoms with Crippen LogP contribution >= 0.6 is 23.4 Å². The molecule has 0 radical (unpaired) electrons. The highest BCUT2D eigenvalue weighted by Gasteiger charge is 2.08. The summed E-state index contributed by atoms with van der Waals surface area (Å²) in [5.74, 6) is 0.574. The summed E-state index contributed by atoms with van der Waals surface area (Å²) in [4.78, 5) is 9.73. The number of aromatic nitrogens is 2. The van der Waals surface area contributed by atoms with E-state index in [1.165, 1.54) is 11.8 Å². The van der Waals surface area contributed by atoms with Gasteiger partial charge in [0.25, 0.3) is 0 Å². The smallest absolute Gasteiger partial charge is 0.217 e. The minimum atomic E-state index is 0.574. The number of methoxy groups -OCH3 is 1. The van der Waals surface area contributed by atoms with Crippen LogP contribution in [0.3, 0.4) is 0 Å². The Morgan fingerprint density at radius 1 is 1.22 bits per heavy atom. The predicted molar refractivity (Wildman–Crippen MR) is 73.6 cm³/mol. The molecule has 0 saturated carbocycles. The molecular weight excluding hydrogens is 268 g/mol. The van der Waals surface area contributed by atoms with Gasteiger partial charge in [-0.3, -0.25) is 0 Å². The van der Waals surface area contributed by atoms with Crippen molar-refractivity contribution in [2.45, 2.75) is 23.9 Å². The SMILES string of the molecule is COc1cc(C)nc(Sc2cccc(Cl)c2C)n1. The molecule has 0 aliphatic carbocycles. The molecule has 0 aliphatic rings. The Kier molecular flexibility index (Phi) is 4.09. The Balaban J connectivity index is 2.34. The van der Waals surface area contributed by atoms with Gasteiger partial charge in [-0.05, 0) is 43.3 Å². The third-order valence-corrected chi connectivity index (χ3v) is 3.88. The highest BCUT2D eigenvalue weighted by molar-refractivity contribution is 7.99. The summed E-state index contributed by atoms with van der Waals surface area (Å²) in [7, 11) is 1.60. The zero-order valence-electron chi connectivity index (χ0n) is 10.4. The van der Waals surface area contributed by atoms with Crippen molar-refractivity contribution in [3.05, 3.63) is 40.5 Å². The molecule has 94 valence electrons. The monoisotopic (exact) mass is 280 g/mol. The fourth-order valence-electron chi connectivity index (χ4n) is 1.46. The quantitative estimate of drug-likeness (QED) is 0.799. The maximum absolute atomic E-state index is 6.09. The molecule has 0 unspecified atom stereocenters. The zero-order valence-corrected chi connectivity index (χ0v) is 12.0. The van der Waals surface area contributed by atoms with Gasteiger partial charge < -0.3 is 4.74 Å². The third-order valence-electron chi connectivity index (χ3n) is 2.44. The molecule has 5 heteroatoms. The Bertz CT molecular complexity index is 575. The maximum atomic E-state index is 6.09. The summed E-state index contributed by atoms with van der Waals surface area (Å²) in [5, 5.41) is 1.41. The number of halogens is 1. The van der Waals surface area contributed by atoms with Crippen LogP contribution < -0.4 is 4.74 Å². The van der Waals surface area contributed by atoms with Gasteiger partial charge in [0.05, 0.1) is 7.11 Å². The Morgan fingerprint density at radius 3 is 2.72 bits per heavy atom. The van der Waals surface area contributed by atoms with E-state index in [0.717, 1.165) is 21.2 Å². The van der Waals surface area contributed by atoms with Crippen LogP contribution in [-0.2, 0) is 0 Å². The van der Waals surface area contributed by atoms with E-state index in [4.69, 9.17) is 16.3 Å². The molecule has 0 saturated heterocycles. The number of rotatable bonds is 3. The minimum absolute atomic E-state index is 0.574. The first-order valence-corrected chi connectivity index (χ1v) is 6.62. The number of ether oxygens (including phenoxy) is 1. The van der Waals surface area contributed by atoms with E-state index in [0.29, 0.717) is 11.0 Å². The summed E-state index contributed by atoms with van der Waals surface area (Å²) in [5.41, 5.74) is 1.91. The van der Waals surface area contributed by atoms with Crippen molar-refractivity contribution in [1.82, 2.24) is 9.97 Å². The average Bonchev–Trinajstić information content (AvgIpc) is 2.34. The predicted octanol–water partition coefficient (Wildman–Crippen LogP) is 3.91. The molecule has 1 aromatic heterocycles. The number of hydrogen-bond acceptors (Lipinski definition) is 4. The Morgan fingerprint density at radius 2 is 2.00 bits per heavy atom. The van der Waals surface area contributed by atoms with Crippen LogP contribution in [0.25, 0.3) is 0 Å². The molecule has 0 aliphatic heterocycles. The standard InChI is InChI=1S/C13H13ClN2OS/c1-8-7-12(17-3)16-13(15-8)18-11-6-4-5-10(14)9(11)2/h4-7H,1-3H3. The summed E-state index contributed by atoms with van der Waals surface area (Å²) in [6.45, 7) is 3.90. The molecule has 2 aromatic rings. The average molecular weight is 281 g/mol.